The van der Waals surface area contributed by atoms with E-state index in [1.165, 1.54) is 0 Å². The van der Waals surface area contributed by atoms with Crippen LogP contribution in [-0.2, 0) is 4.79 Å². The minimum Gasteiger partial charge on any atom is -0.478 e. The van der Waals surface area contributed by atoms with E-state index in [-0.39, 0.29) is 11.5 Å². The number of ether oxygens (including phenoxy) is 1. The van der Waals surface area contributed by atoms with Crippen LogP contribution >= 0.6 is 0 Å². The lowest BCUT2D eigenvalue weighted by Crippen LogP contribution is -2.13. The maximum Gasteiger partial charge on any atom is 0.335 e. The third-order valence-corrected chi connectivity index (χ3v) is 3.27. The largest absolute Gasteiger partial charge is 0.478 e. The summed E-state index contributed by atoms with van der Waals surface area (Å²) in [5.41, 5.74) is 1.23. The number of aliphatic carboxylic acids is 1. The summed E-state index contributed by atoms with van der Waals surface area (Å²) in [5.74, 6) is -0.169. The van der Waals surface area contributed by atoms with Gasteiger partial charge in [-0.3, -0.25) is 0 Å². The standard InChI is InChI=1S/C20H20O3/c1-15(2)19(20(21)22)18(23-17-11-7-4-8-12-17)14-13-16-9-5-3-6-10-16/h3-15H,1-2H3,(H,21,22). The molecule has 0 atom stereocenters. The highest BCUT2D eigenvalue weighted by Gasteiger charge is 2.18. The topological polar surface area (TPSA) is 46.5 Å². The fourth-order valence-corrected chi connectivity index (χ4v) is 2.17. The van der Waals surface area contributed by atoms with E-state index in [4.69, 9.17) is 4.74 Å². The van der Waals surface area contributed by atoms with Crippen LogP contribution in [0.1, 0.15) is 19.4 Å². The number of rotatable bonds is 6. The number of para-hydroxylation sites is 1. The second kappa shape index (κ2) is 7.99. The van der Waals surface area contributed by atoms with E-state index in [0.29, 0.717) is 11.5 Å². The molecule has 0 radical (unpaired) electrons. The quantitative estimate of drug-likeness (QED) is 0.475. The minimum atomic E-state index is -0.969. The summed E-state index contributed by atoms with van der Waals surface area (Å²) < 4.78 is 5.83. The monoisotopic (exact) mass is 308 g/mol. The fourth-order valence-electron chi connectivity index (χ4n) is 2.17. The van der Waals surface area contributed by atoms with Crippen LogP contribution < -0.4 is 4.74 Å². The molecule has 3 heteroatoms. The van der Waals surface area contributed by atoms with E-state index in [2.05, 4.69) is 0 Å². The summed E-state index contributed by atoms with van der Waals surface area (Å²) in [4.78, 5) is 11.6. The average molecular weight is 308 g/mol. The molecule has 0 saturated carbocycles. The molecule has 23 heavy (non-hydrogen) atoms. The van der Waals surface area contributed by atoms with Crippen molar-refractivity contribution in [3.05, 3.63) is 83.6 Å². The molecule has 2 aromatic rings. The Hall–Kier alpha value is -2.81. The Morgan fingerprint density at radius 1 is 1.00 bits per heavy atom. The minimum absolute atomic E-state index is 0.161. The fraction of sp³-hybridized carbons (Fsp3) is 0.150. The Morgan fingerprint density at radius 2 is 1.57 bits per heavy atom. The molecule has 0 unspecified atom stereocenters. The number of carboxylic acid groups (broad SMARTS) is 1. The number of allylic oxidation sites excluding steroid dienone is 1. The van der Waals surface area contributed by atoms with Crippen molar-refractivity contribution in [2.45, 2.75) is 13.8 Å². The molecule has 0 aliphatic carbocycles. The van der Waals surface area contributed by atoms with Gasteiger partial charge in [0.1, 0.15) is 11.5 Å². The molecule has 0 saturated heterocycles. The van der Waals surface area contributed by atoms with Crippen LogP contribution in [0.2, 0.25) is 0 Å². The zero-order chi connectivity index (χ0) is 16.7. The van der Waals surface area contributed by atoms with Gasteiger partial charge in [0.15, 0.2) is 0 Å². The van der Waals surface area contributed by atoms with Gasteiger partial charge in [-0.05, 0) is 29.7 Å². The van der Waals surface area contributed by atoms with Crippen molar-refractivity contribution in [3.63, 3.8) is 0 Å². The molecule has 0 bridgehead atoms. The highest BCUT2D eigenvalue weighted by Crippen LogP contribution is 2.22. The Labute approximate surface area is 136 Å². The third kappa shape index (κ3) is 4.85. The third-order valence-electron chi connectivity index (χ3n) is 3.27. The van der Waals surface area contributed by atoms with Crippen LogP contribution in [0.3, 0.4) is 0 Å². The van der Waals surface area contributed by atoms with Crippen molar-refractivity contribution in [2.75, 3.05) is 0 Å². The SMILES string of the molecule is CC(C)C(C(=O)O)=C(C=Cc1ccccc1)Oc1ccccc1. The van der Waals surface area contributed by atoms with E-state index in [9.17, 15) is 9.90 Å². The van der Waals surface area contributed by atoms with Crippen LogP contribution in [0.5, 0.6) is 5.75 Å². The van der Waals surface area contributed by atoms with Crippen LogP contribution in [0.25, 0.3) is 6.08 Å². The zero-order valence-corrected chi connectivity index (χ0v) is 13.3. The second-order valence-electron chi connectivity index (χ2n) is 5.40. The predicted octanol–water partition coefficient (Wildman–Crippen LogP) is 4.77. The van der Waals surface area contributed by atoms with Gasteiger partial charge in [-0.1, -0.05) is 68.5 Å². The van der Waals surface area contributed by atoms with Gasteiger partial charge in [0.05, 0.1) is 5.57 Å². The highest BCUT2D eigenvalue weighted by atomic mass is 16.5. The van der Waals surface area contributed by atoms with Gasteiger partial charge in [0.25, 0.3) is 0 Å². The van der Waals surface area contributed by atoms with E-state index in [0.717, 1.165) is 5.56 Å². The molecular formula is C20H20O3. The Bertz CT molecular complexity index is 698. The van der Waals surface area contributed by atoms with Crippen molar-refractivity contribution in [1.82, 2.24) is 0 Å². The number of benzene rings is 2. The first-order valence-corrected chi connectivity index (χ1v) is 7.51. The summed E-state index contributed by atoms with van der Waals surface area (Å²) in [6.07, 6.45) is 3.56. The Balaban J connectivity index is 2.40. The summed E-state index contributed by atoms with van der Waals surface area (Å²) in [6.45, 7) is 3.68. The molecule has 1 N–H and O–H groups in total. The smallest absolute Gasteiger partial charge is 0.335 e. The molecule has 0 aliphatic heterocycles. The van der Waals surface area contributed by atoms with Gasteiger partial charge in [-0.15, -0.1) is 0 Å². The van der Waals surface area contributed by atoms with Crippen molar-refractivity contribution in [2.24, 2.45) is 5.92 Å². The van der Waals surface area contributed by atoms with Gasteiger partial charge in [0.2, 0.25) is 0 Å². The molecule has 0 heterocycles. The van der Waals surface area contributed by atoms with Gasteiger partial charge in [0, 0.05) is 0 Å². The molecule has 0 fully saturated rings. The molecule has 0 aromatic heterocycles. The van der Waals surface area contributed by atoms with E-state index in [1.807, 2.05) is 68.5 Å². The normalized spacial score (nSPS) is 12.3. The first kappa shape index (κ1) is 16.6. The van der Waals surface area contributed by atoms with Gasteiger partial charge >= 0.3 is 5.97 Å². The molecule has 118 valence electrons. The summed E-state index contributed by atoms with van der Waals surface area (Å²) >= 11 is 0. The average Bonchev–Trinajstić information content (AvgIpc) is 2.54. The molecular weight excluding hydrogens is 288 g/mol. The van der Waals surface area contributed by atoms with E-state index in [1.54, 1.807) is 18.2 Å². The summed E-state index contributed by atoms with van der Waals surface area (Å²) in [5, 5.41) is 9.52. The first-order chi connectivity index (χ1) is 11.1. The molecule has 3 nitrogen and oxygen atoms in total. The lowest BCUT2D eigenvalue weighted by molar-refractivity contribution is -0.133. The van der Waals surface area contributed by atoms with Crippen molar-refractivity contribution >= 4 is 12.0 Å². The maximum atomic E-state index is 11.6. The predicted molar refractivity (Wildman–Crippen MR) is 92.0 cm³/mol. The van der Waals surface area contributed by atoms with E-state index < -0.39 is 5.97 Å². The van der Waals surface area contributed by atoms with Gasteiger partial charge < -0.3 is 9.84 Å². The van der Waals surface area contributed by atoms with Gasteiger partial charge in [-0.25, -0.2) is 4.79 Å². The van der Waals surface area contributed by atoms with Crippen LogP contribution in [0, 0.1) is 5.92 Å². The highest BCUT2D eigenvalue weighted by molar-refractivity contribution is 5.88. The summed E-state index contributed by atoms with van der Waals surface area (Å²) in [6, 6.07) is 18.9. The lowest BCUT2D eigenvalue weighted by Gasteiger charge is -2.13. The maximum absolute atomic E-state index is 11.6. The number of carbonyl (C=O) groups is 1. The Morgan fingerprint density at radius 3 is 2.09 bits per heavy atom. The van der Waals surface area contributed by atoms with Gasteiger partial charge in [-0.2, -0.15) is 0 Å². The molecule has 0 aliphatic rings. The summed E-state index contributed by atoms with van der Waals surface area (Å²) in [7, 11) is 0. The van der Waals surface area contributed by atoms with E-state index >= 15 is 0 Å². The number of hydrogen-bond acceptors (Lipinski definition) is 2. The molecule has 0 amide bonds. The molecule has 0 spiro atoms. The van der Waals surface area contributed by atoms with Crippen LogP contribution in [-0.4, -0.2) is 11.1 Å². The van der Waals surface area contributed by atoms with Crippen molar-refractivity contribution < 1.29 is 14.6 Å². The van der Waals surface area contributed by atoms with Crippen LogP contribution in [0.4, 0.5) is 0 Å². The van der Waals surface area contributed by atoms with Crippen molar-refractivity contribution in [1.29, 1.82) is 0 Å². The first-order valence-electron chi connectivity index (χ1n) is 7.51. The van der Waals surface area contributed by atoms with Crippen LogP contribution in [0.15, 0.2) is 78.1 Å². The number of hydrogen-bond donors (Lipinski definition) is 1. The lowest BCUT2D eigenvalue weighted by atomic mass is 10.0. The molecule has 2 aromatic carbocycles. The zero-order valence-electron chi connectivity index (χ0n) is 13.3. The second-order valence-corrected chi connectivity index (χ2v) is 5.40. The van der Waals surface area contributed by atoms with Crippen molar-refractivity contribution in [3.8, 4) is 5.75 Å². The molecule has 2 rings (SSSR count). The Kier molecular flexibility index (Phi) is 5.75. The number of carboxylic acids is 1.